The fraction of sp³-hybridized carbons (Fsp3) is 0. The van der Waals surface area contributed by atoms with E-state index in [1.54, 1.807) is 6.20 Å². The Morgan fingerprint density at radius 2 is 2.24 bits per heavy atom. The van der Waals surface area contributed by atoms with Crippen LogP contribution in [0.15, 0.2) is 43.6 Å². The first-order valence-electron chi connectivity index (χ1n) is 5.44. The van der Waals surface area contributed by atoms with Crippen LogP contribution in [0, 0.1) is 0 Å². The van der Waals surface area contributed by atoms with Crippen molar-refractivity contribution in [2.45, 2.75) is 0 Å². The molecule has 2 amide bonds. The Morgan fingerprint density at radius 1 is 1.29 bits per heavy atom. The molecule has 0 atom stereocenters. The third-order valence-electron chi connectivity index (χ3n) is 2.41. The number of anilines is 1. The summed E-state index contributed by atoms with van der Waals surface area (Å²) in [5.74, 6) is 0.257. The zero-order valence-corrected chi connectivity index (χ0v) is 9.97. The van der Waals surface area contributed by atoms with E-state index in [9.17, 15) is 4.79 Å². The van der Waals surface area contributed by atoms with Crippen molar-refractivity contribution in [2.75, 3.05) is 10.2 Å². The van der Waals surface area contributed by atoms with Gasteiger partial charge in [-0.1, -0.05) is 10.3 Å². The number of azo groups is 1. The van der Waals surface area contributed by atoms with Crippen LogP contribution in [0.3, 0.4) is 0 Å². The molecule has 14 nitrogen and oxygen atoms in total. The molecule has 0 radical (unpaired) electrons. The zero-order chi connectivity index (χ0) is 14.2. The van der Waals surface area contributed by atoms with E-state index in [-0.39, 0.29) is 17.6 Å². The van der Waals surface area contributed by atoms with Crippen LogP contribution < -0.4 is 15.8 Å². The number of nitrogens with zero attached hydrogens (tertiary/aromatic N) is 11. The number of urea groups is 1. The number of carbonyl (C=O) groups excluding carboxylic acids is 1. The van der Waals surface area contributed by atoms with E-state index in [1.165, 1.54) is 21.2 Å². The summed E-state index contributed by atoms with van der Waals surface area (Å²) >= 11 is 0. The van der Waals surface area contributed by atoms with Crippen LogP contribution in [0.5, 0.6) is 0 Å². The SMILES string of the molecule is O=C1N=NC(C2=NNN(n3ccnn3)N2c2ncon2)=N1. The normalized spacial score (nSPS) is 17.2. The van der Waals surface area contributed by atoms with Gasteiger partial charge in [-0.05, 0) is 10.4 Å². The number of nitrogens with one attached hydrogen (secondary N) is 1. The highest BCUT2D eigenvalue weighted by molar-refractivity contribution is 6.47. The van der Waals surface area contributed by atoms with Gasteiger partial charge in [0, 0.05) is 0 Å². The van der Waals surface area contributed by atoms with Gasteiger partial charge in [0.1, 0.15) is 0 Å². The van der Waals surface area contributed by atoms with Crippen molar-refractivity contribution in [1.82, 2.24) is 30.8 Å². The van der Waals surface area contributed by atoms with Gasteiger partial charge in [-0.25, -0.2) is 4.79 Å². The molecule has 0 fully saturated rings. The second-order valence-corrected chi connectivity index (χ2v) is 3.61. The van der Waals surface area contributed by atoms with Crippen LogP contribution in [0.4, 0.5) is 10.7 Å². The molecule has 2 aromatic heterocycles. The number of rotatable bonds is 3. The molecule has 2 aliphatic rings. The molecule has 2 aliphatic heterocycles. The van der Waals surface area contributed by atoms with Crippen molar-refractivity contribution in [2.24, 2.45) is 20.3 Å². The monoisotopic (exact) mass is 288 g/mol. The fourth-order valence-electron chi connectivity index (χ4n) is 1.62. The maximum Gasteiger partial charge on any atom is 0.387 e. The molecule has 21 heavy (non-hydrogen) atoms. The first-order chi connectivity index (χ1) is 10.3. The molecule has 1 N–H and O–H groups in total. The predicted molar refractivity (Wildman–Crippen MR) is 63.3 cm³/mol. The van der Waals surface area contributed by atoms with Gasteiger partial charge in [0.2, 0.25) is 18.1 Å². The summed E-state index contributed by atoms with van der Waals surface area (Å²) in [6.07, 6.45) is 4.14. The minimum absolute atomic E-state index is 0.0000784. The van der Waals surface area contributed by atoms with Gasteiger partial charge in [-0.2, -0.15) is 20.5 Å². The molecular formula is C7H4N12O2. The van der Waals surface area contributed by atoms with Gasteiger partial charge in [-0.15, -0.1) is 20.1 Å². The molecular weight excluding hydrogens is 284 g/mol. The van der Waals surface area contributed by atoms with Gasteiger partial charge in [-0.3, -0.25) is 0 Å². The Hall–Kier alpha value is -3.71. The second-order valence-electron chi connectivity index (χ2n) is 3.61. The molecule has 104 valence electrons. The third kappa shape index (κ3) is 1.70. The van der Waals surface area contributed by atoms with E-state index in [0.29, 0.717) is 0 Å². The first-order valence-corrected chi connectivity index (χ1v) is 5.44. The van der Waals surface area contributed by atoms with Crippen molar-refractivity contribution >= 4 is 23.7 Å². The summed E-state index contributed by atoms with van der Waals surface area (Å²) in [4.78, 5) is 19.9. The Labute approximate surface area is 114 Å². The van der Waals surface area contributed by atoms with Crippen LogP contribution in [0.1, 0.15) is 0 Å². The molecule has 2 aromatic rings. The van der Waals surface area contributed by atoms with Crippen LogP contribution in [-0.2, 0) is 0 Å². The molecule has 14 heteroatoms. The quantitative estimate of drug-likeness (QED) is 0.735. The van der Waals surface area contributed by atoms with Crippen molar-refractivity contribution in [3.05, 3.63) is 18.8 Å². The van der Waals surface area contributed by atoms with E-state index in [1.807, 2.05) is 0 Å². The zero-order valence-electron chi connectivity index (χ0n) is 9.97. The Bertz CT molecular complexity index is 758. The molecule has 0 saturated carbocycles. The summed E-state index contributed by atoms with van der Waals surface area (Å²) < 4.78 is 4.71. The summed E-state index contributed by atoms with van der Waals surface area (Å²) in [5, 5.41) is 24.7. The number of hydrazine groups is 2. The van der Waals surface area contributed by atoms with Crippen LogP contribution in [0.25, 0.3) is 0 Å². The maximum absolute atomic E-state index is 11.1. The number of amidine groups is 2. The average Bonchev–Trinajstić information content (AvgIpc) is 3.25. The molecule has 0 unspecified atom stereocenters. The Kier molecular flexibility index (Phi) is 2.20. The van der Waals surface area contributed by atoms with Crippen molar-refractivity contribution < 1.29 is 9.32 Å². The molecule has 4 rings (SSSR count). The second kappa shape index (κ2) is 4.15. The molecule has 0 bridgehead atoms. The Morgan fingerprint density at radius 3 is 2.90 bits per heavy atom. The van der Waals surface area contributed by atoms with E-state index < -0.39 is 6.03 Å². The lowest BCUT2D eigenvalue weighted by Gasteiger charge is -2.24. The number of aromatic nitrogens is 5. The van der Waals surface area contributed by atoms with E-state index in [0.717, 1.165) is 6.39 Å². The lowest BCUT2D eigenvalue weighted by Crippen LogP contribution is -2.55. The van der Waals surface area contributed by atoms with Gasteiger partial charge in [0.15, 0.2) is 0 Å². The highest BCUT2D eigenvalue weighted by Crippen LogP contribution is 2.16. The highest BCUT2D eigenvalue weighted by Gasteiger charge is 2.36. The summed E-state index contributed by atoms with van der Waals surface area (Å²) in [6.45, 7) is 0. The van der Waals surface area contributed by atoms with Gasteiger partial charge >= 0.3 is 6.03 Å². The van der Waals surface area contributed by atoms with Crippen molar-refractivity contribution in [3.8, 4) is 0 Å². The number of aliphatic imine (C=N–C) groups is 1. The molecule has 4 heterocycles. The molecule has 0 aromatic carbocycles. The number of amides is 2. The summed E-state index contributed by atoms with van der Waals surface area (Å²) in [5.41, 5.74) is 2.63. The number of hydrogen-bond acceptors (Lipinski definition) is 11. The maximum atomic E-state index is 11.1. The minimum Gasteiger partial charge on any atom is -0.341 e. The van der Waals surface area contributed by atoms with E-state index in [2.05, 4.69) is 46.3 Å². The van der Waals surface area contributed by atoms with Crippen LogP contribution >= 0.6 is 0 Å². The van der Waals surface area contributed by atoms with E-state index >= 15 is 0 Å². The lowest BCUT2D eigenvalue weighted by atomic mass is 10.5. The Balaban J connectivity index is 1.76. The summed E-state index contributed by atoms with van der Waals surface area (Å²) in [7, 11) is 0. The summed E-state index contributed by atoms with van der Waals surface area (Å²) in [6, 6.07) is -0.722. The van der Waals surface area contributed by atoms with E-state index in [4.69, 9.17) is 4.52 Å². The predicted octanol–water partition coefficient (Wildman–Crippen LogP) is -1.16. The van der Waals surface area contributed by atoms with Crippen molar-refractivity contribution in [3.63, 3.8) is 0 Å². The smallest absolute Gasteiger partial charge is 0.341 e. The van der Waals surface area contributed by atoms with Crippen molar-refractivity contribution in [1.29, 1.82) is 0 Å². The molecule has 0 spiro atoms. The van der Waals surface area contributed by atoms with Gasteiger partial charge < -0.3 is 4.52 Å². The standard InChI is InChI=1S/C7H4N12O2/c20-7-10-4(11-13-7)5-12-16-19(17-2-1-9-15-17)18(5)6-8-3-21-14-6/h1-3,16H. The number of hydrazone groups is 1. The first kappa shape index (κ1) is 11.1. The molecule has 0 saturated heterocycles. The average molecular weight is 288 g/mol. The lowest BCUT2D eigenvalue weighted by molar-refractivity contribution is 0.257. The number of carbonyl (C=O) groups is 1. The topological polar surface area (TPSA) is 155 Å². The molecule has 0 aliphatic carbocycles. The number of hydrogen-bond donors (Lipinski definition) is 1. The third-order valence-corrected chi connectivity index (χ3v) is 2.41. The van der Waals surface area contributed by atoms with Crippen LogP contribution in [0.2, 0.25) is 0 Å². The van der Waals surface area contributed by atoms with Gasteiger partial charge in [0.25, 0.3) is 5.95 Å². The van der Waals surface area contributed by atoms with Crippen LogP contribution in [-0.4, -0.2) is 42.9 Å². The largest absolute Gasteiger partial charge is 0.387 e. The fourth-order valence-corrected chi connectivity index (χ4v) is 1.62. The minimum atomic E-state index is -0.722. The van der Waals surface area contributed by atoms with Gasteiger partial charge in [0.05, 0.1) is 12.4 Å². The highest BCUT2D eigenvalue weighted by atomic mass is 16.5.